The Balaban J connectivity index is 2.28. The van der Waals surface area contributed by atoms with Gasteiger partial charge in [-0.1, -0.05) is 45.4 Å². The van der Waals surface area contributed by atoms with Gasteiger partial charge in [0.1, 0.15) is 0 Å². The highest BCUT2D eigenvalue weighted by Crippen LogP contribution is 2.61. The van der Waals surface area contributed by atoms with Crippen molar-refractivity contribution in [3.63, 3.8) is 0 Å². The monoisotopic (exact) mass is 306 g/mol. The maximum atomic E-state index is 10.7. The van der Waals surface area contributed by atoms with Gasteiger partial charge in [-0.15, -0.1) is 6.58 Å². The Hall–Kier alpha value is -0.600. The summed E-state index contributed by atoms with van der Waals surface area (Å²) in [7, 11) is 0. The Morgan fingerprint density at radius 3 is 2.55 bits per heavy atom. The van der Waals surface area contributed by atoms with Crippen LogP contribution in [0.1, 0.15) is 66.2 Å². The molecule has 0 aromatic heterocycles. The molecule has 2 saturated carbocycles. The van der Waals surface area contributed by atoms with Gasteiger partial charge in [-0.2, -0.15) is 0 Å². The zero-order chi connectivity index (χ0) is 16.8. The molecule has 0 radical (unpaired) electrons. The second-order valence-corrected chi connectivity index (χ2v) is 8.91. The predicted octanol–water partition coefficient (Wildman–Crippen LogP) is 4.47. The first-order valence-electron chi connectivity index (χ1n) is 8.75. The molecule has 2 rings (SSSR count). The second-order valence-electron chi connectivity index (χ2n) is 8.91. The smallest absolute Gasteiger partial charge is 0.0797 e. The third kappa shape index (κ3) is 3.05. The molecule has 0 spiro atoms. The maximum absolute atomic E-state index is 10.7. The van der Waals surface area contributed by atoms with Crippen molar-refractivity contribution in [2.24, 2.45) is 22.7 Å². The fraction of sp³-hybridized carbons (Fsp3) is 0.800. The minimum absolute atomic E-state index is 0.0910. The quantitative estimate of drug-likeness (QED) is 0.752. The average molecular weight is 306 g/mol. The number of rotatable bonds is 4. The first-order chi connectivity index (χ1) is 10.0. The highest BCUT2D eigenvalue weighted by atomic mass is 16.3. The van der Waals surface area contributed by atoms with E-state index in [0.29, 0.717) is 24.7 Å². The molecule has 2 fully saturated rings. The van der Waals surface area contributed by atoms with Crippen molar-refractivity contribution in [3.8, 4) is 0 Å². The summed E-state index contributed by atoms with van der Waals surface area (Å²) in [6, 6.07) is 0. The number of hydrogen-bond acceptors (Lipinski definition) is 2. The number of aliphatic hydroxyl groups excluding tert-OH is 1. The first kappa shape index (κ1) is 17.7. The Labute approximate surface area is 136 Å². The fourth-order valence-electron chi connectivity index (χ4n) is 5.55. The zero-order valence-corrected chi connectivity index (χ0v) is 14.9. The van der Waals surface area contributed by atoms with E-state index < -0.39 is 5.60 Å². The second kappa shape index (κ2) is 5.79. The molecule has 2 heteroatoms. The molecule has 0 bridgehead atoms. The summed E-state index contributed by atoms with van der Waals surface area (Å²) >= 11 is 0. The van der Waals surface area contributed by atoms with Crippen LogP contribution in [0.25, 0.3) is 0 Å². The van der Waals surface area contributed by atoms with E-state index in [0.717, 1.165) is 12.8 Å². The summed E-state index contributed by atoms with van der Waals surface area (Å²) in [5.41, 5.74) is 0.621. The van der Waals surface area contributed by atoms with E-state index in [1.807, 2.05) is 6.92 Å². The molecule has 126 valence electrons. The van der Waals surface area contributed by atoms with E-state index in [9.17, 15) is 10.2 Å². The molecule has 22 heavy (non-hydrogen) atoms. The Bertz CT molecular complexity index is 449. The Kier molecular flexibility index (Phi) is 4.68. The van der Waals surface area contributed by atoms with Gasteiger partial charge < -0.3 is 10.2 Å². The third-order valence-corrected chi connectivity index (χ3v) is 6.61. The minimum atomic E-state index is -0.813. The lowest BCUT2D eigenvalue weighted by Gasteiger charge is -2.59. The molecule has 2 N–H and O–H groups in total. The highest BCUT2D eigenvalue weighted by molar-refractivity contribution is 5.18. The maximum Gasteiger partial charge on any atom is 0.0797 e. The van der Waals surface area contributed by atoms with E-state index in [4.69, 9.17) is 0 Å². The van der Waals surface area contributed by atoms with Gasteiger partial charge in [-0.25, -0.2) is 0 Å². The minimum Gasteiger partial charge on any atom is -0.392 e. The number of fused-ring (bicyclic) bond motifs is 1. The topological polar surface area (TPSA) is 40.5 Å². The summed E-state index contributed by atoms with van der Waals surface area (Å²) in [4.78, 5) is 0. The molecule has 2 aliphatic carbocycles. The summed E-state index contributed by atoms with van der Waals surface area (Å²) in [6.07, 6.45) is 7.26. The molecule has 2 aliphatic rings. The molecule has 0 saturated heterocycles. The van der Waals surface area contributed by atoms with Gasteiger partial charge in [0.25, 0.3) is 0 Å². The van der Waals surface area contributed by atoms with Gasteiger partial charge in [-0.05, 0) is 61.7 Å². The Morgan fingerprint density at radius 1 is 1.32 bits per heavy atom. The van der Waals surface area contributed by atoms with Crippen molar-refractivity contribution >= 4 is 0 Å². The van der Waals surface area contributed by atoms with Crippen LogP contribution in [0.3, 0.4) is 0 Å². The molecule has 0 aromatic rings. The van der Waals surface area contributed by atoms with Gasteiger partial charge in [0, 0.05) is 0 Å². The van der Waals surface area contributed by atoms with Gasteiger partial charge in [-0.3, -0.25) is 0 Å². The molecule has 5 atom stereocenters. The lowest BCUT2D eigenvalue weighted by Crippen LogP contribution is -2.55. The molecule has 0 aliphatic heterocycles. The number of hydrogen-bond donors (Lipinski definition) is 2. The summed E-state index contributed by atoms with van der Waals surface area (Å²) < 4.78 is 0. The van der Waals surface area contributed by atoms with Crippen LogP contribution in [0, 0.1) is 22.7 Å². The van der Waals surface area contributed by atoms with Crippen molar-refractivity contribution in [2.45, 2.75) is 77.9 Å². The molecular formula is C20H34O2. The molecular weight excluding hydrogens is 272 g/mol. The van der Waals surface area contributed by atoms with Crippen LogP contribution in [0.5, 0.6) is 0 Å². The normalized spacial score (nSPS) is 40.6. The lowest BCUT2D eigenvalue weighted by molar-refractivity contribution is -0.123. The van der Waals surface area contributed by atoms with Crippen LogP contribution in [-0.2, 0) is 0 Å². The van der Waals surface area contributed by atoms with E-state index in [1.54, 1.807) is 6.08 Å². The summed E-state index contributed by atoms with van der Waals surface area (Å²) in [5, 5.41) is 21.0. The molecule has 0 aromatic carbocycles. The van der Waals surface area contributed by atoms with Crippen LogP contribution in [0.2, 0.25) is 0 Å². The highest BCUT2D eigenvalue weighted by Gasteiger charge is 2.56. The van der Waals surface area contributed by atoms with Crippen LogP contribution >= 0.6 is 0 Å². The average Bonchev–Trinajstić information content (AvgIpc) is 2.36. The van der Waals surface area contributed by atoms with Crippen LogP contribution in [0.4, 0.5) is 0 Å². The van der Waals surface area contributed by atoms with Gasteiger partial charge in [0.2, 0.25) is 0 Å². The van der Waals surface area contributed by atoms with Gasteiger partial charge >= 0.3 is 0 Å². The molecule has 0 amide bonds. The van der Waals surface area contributed by atoms with Crippen LogP contribution < -0.4 is 0 Å². The van der Waals surface area contributed by atoms with Gasteiger partial charge in [0.05, 0.1) is 11.7 Å². The number of aliphatic hydroxyl groups is 2. The predicted molar refractivity (Wildman–Crippen MR) is 92.5 cm³/mol. The Morgan fingerprint density at radius 2 is 1.95 bits per heavy atom. The summed E-state index contributed by atoms with van der Waals surface area (Å²) in [5.74, 6) is 0.699. The van der Waals surface area contributed by atoms with Crippen LogP contribution in [0.15, 0.2) is 24.8 Å². The third-order valence-electron chi connectivity index (χ3n) is 6.61. The van der Waals surface area contributed by atoms with Crippen molar-refractivity contribution in [1.29, 1.82) is 0 Å². The summed E-state index contributed by atoms with van der Waals surface area (Å²) in [6.45, 7) is 16.8. The van der Waals surface area contributed by atoms with E-state index in [2.05, 4.69) is 33.9 Å². The molecule has 3 unspecified atom stereocenters. The van der Waals surface area contributed by atoms with Crippen molar-refractivity contribution < 1.29 is 10.2 Å². The lowest BCUT2D eigenvalue weighted by atomic mass is 9.46. The van der Waals surface area contributed by atoms with E-state index in [-0.39, 0.29) is 16.9 Å². The van der Waals surface area contributed by atoms with Gasteiger partial charge in [0.15, 0.2) is 0 Å². The van der Waals surface area contributed by atoms with E-state index >= 15 is 0 Å². The largest absolute Gasteiger partial charge is 0.392 e. The fourth-order valence-corrected chi connectivity index (χ4v) is 5.55. The zero-order valence-electron chi connectivity index (χ0n) is 14.9. The first-order valence-corrected chi connectivity index (χ1v) is 8.75. The standard InChI is InChI=1S/C20H34O2/c1-7-19(5,22)12-9-15-14(2)13-16(21)17-18(3,4)10-8-11-20(15,17)6/h7,15-17,21-22H,1-2,8-13H2,3-6H3/t15-,16?,17?,19?,20+/m0/s1. The van der Waals surface area contributed by atoms with Crippen molar-refractivity contribution in [1.82, 2.24) is 0 Å². The van der Waals surface area contributed by atoms with Crippen LogP contribution in [-0.4, -0.2) is 21.9 Å². The molecule has 0 heterocycles. The van der Waals surface area contributed by atoms with Crippen molar-refractivity contribution in [3.05, 3.63) is 24.8 Å². The van der Waals surface area contributed by atoms with E-state index in [1.165, 1.54) is 18.4 Å². The SMILES string of the molecule is C=CC(C)(O)CC[C@H]1C(=C)CC(O)C2C(C)(C)CCC[C@@]21C. The molecule has 2 nitrogen and oxygen atoms in total. The van der Waals surface area contributed by atoms with Crippen molar-refractivity contribution in [2.75, 3.05) is 0 Å².